The molecule has 12 nitrogen and oxygen atoms in total. The van der Waals surface area contributed by atoms with Crippen molar-refractivity contribution in [3.05, 3.63) is 29.8 Å². The number of rotatable bonds is 20. The van der Waals surface area contributed by atoms with Gasteiger partial charge in [-0.25, -0.2) is 4.79 Å². The van der Waals surface area contributed by atoms with Gasteiger partial charge >= 0.3 is 13.7 Å². The Morgan fingerprint density at radius 1 is 1.00 bits per heavy atom. The minimum atomic E-state index is -4.10. The van der Waals surface area contributed by atoms with E-state index in [0.717, 1.165) is 75.5 Å². The zero-order valence-electron chi connectivity index (χ0n) is 29.2. The van der Waals surface area contributed by atoms with Crippen LogP contribution in [0.25, 0.3) is 0 Å². The summed E-state index contributed by atoms with van der Waals surface area (Å²) >= 11 is 0. The Morgan fingerprint density at radius 2 is 1.71 bits per heavy atom. The number of ether oxygens (including phenoxy) is 2. The first kappa shape index (κ1) is 39.8. The second-order valence-electron chi connectivity index (χ2n) is 12.7. The van der Waals surface area contributed by atoms with Crippen molar-refractivity contribution in [1.82, 2.24) is 15.5 Å². The summed E-state index contributed by atoms with van der Waals surface area (Å²) in [5.74, 6) is -1.53. The van der Waals surface area contributed by atoms with E-state index in [4.69, 9.17) is 18.5 Å². The quantitative estimate of drug-likeness (QED) is 0.106. The zero-order valence-corrected chi connectivity index (χ0v) is 30.1. The van der Waals surface area contributed by atoms with E-state index in [0.29, 0.717) is 26.1 Å². The molecule has 1 heterocycles. The molecule has 1 aromatic carbocycles. The van der Waals surface area contributed by atoms with E-state index in [1.54, 1.807) is 18.7 Å². The summed E-state index contributed by atoms with van der Waals surface area (Å²) in [7, 11) is -4.10. The van der Waals surface area contributed by atoms with Gasteiger partial charge in [-0.2, -0.15) is 0 Å². The number of carbonyl (C=O) groups is 3. The van der Waals surface area contributed by atoms with E-state index in [-0.39, 0.29) is 44.5 Å². The smallest absolute Gasteiger partial charge is 0.407 e. The fourth-order valence-corrected chi connectivity index (χ4v) is 8.13. The van der Waals surface area contributed by atoms with Gasteiger partial charge in [0.05, 0.1) is 32.4 Å². The number of carbonyl (C=O) groups excluding carboxylic acids is 3. The molecule has 2 aliphatic rings. The van der Waals surface area contributed by atoms with Crippen LogP contribution in [-0.4, -0.2) is 78.8 Å². The third-order valence-corrected chi connectivity index (χ3v) is 11.2. The molecule has 3 amide bonds. The fraction of sp³-hybridized carbons (Fsp3) is 0.743. The normalized spacial score (nSPS) is 17.3. The van der Waals surface area contributed by atoms with Crippen molar-refractivity contribution in [2.24, 2.45) is 5.92 Å². The van der Waals surface area contributed by atoms with Crippen molar-refractivity contribution in [3.63, 3.8) is 0 Å². The minimum Gasteiger partial charge on any atom is -0.491 e. The number of hydrogen-bond acceptors (Lipinski definition) is 9. The highest BCUT2D eigenvalue weighted by molar-refractivity contribution is 7.54. The Bertz CT molecular complexity index is 1170. The first-order valence-corrected chi connectivity index (χ1v) is 19.6. The zero-order chi connectivity index (χ0) is 34.8. The second kappa shape index (κ2) is 21.4. The molecule has 0 spiro atoms. The summed E-state index contributed by atoms with van der Waals surface area (Å²) in [6.07, 6.45) is 9.83. The van der Waals surface area contributed by atoms with Crippen molar-refractivity contribution in [2.75, 3.05) is 33.0 Å². The van der Waals surface area contributed by atoms with Gasteiger partial charge in [-0.3, -0.25) is 14.2 Å². The average molecular weight is 696 g/mol. The van der Waals surface area contributed by atoms with Crippen molar-refractivity contribution < 1.29 is 42.6 Å². The Kier molecular flexibility index (Phi) is 17.8. The van der Waals surface area contributed by atoms with Crippen LogP contribution >= 0.6 is 7.60 Å². The van der Waals surface area contributed by atoms with Crippen LogP contribution in [0.1, 0.15) is 110 Å². The molecule has 0 aromatic heterocycles. The second-order valence-corrected chi connectivity index (χ2v) is 14.8. The molecular weight excluding hydrogens is 637 g/mol. The number of unbranched alkanes of at least 4 members (excludes halogenated alkanes) is 4. The van der Waals surface area contributed by atoms with Gasteiger partial charge in [-0.05, 0) is 45.1 Å². The number of hydrogen-bond donors (Lipinski definition) is 3. The molecule has 1 saturated carbocycles. The average Bonchev–Trinajstić information content (AvgIpc) is 3.31. The van der Waals surface area contributed by atoms with Gasteiger partial charge in [0, 0.05) is 18.5 Å². The Labute approximate surface area is 286 Å². The molecule has 3 rings (SSSR count). The lowest BCUT2D eigenvalue weighted by atomic mass is 9.84. The number of nitrogens with zero attached hydrogens (tertiary/aromatic N) is 1. The highest BCUT2D eigenvalue weighted by Crippen LogP contribution is 2.53. The minimum absolute atomic E-state index is 0.0112. The number of aliphatic hydroxyl groups excluding tert-OH is 1. The Balaban J connectivity index is 1.74. The Morgan fingerprint density at radius 3 is 2.42 bits per heavy atom. The number of aliphatic hydroxyl groups is 1. The number of nitrogens with one attached hydrogen (secondary N) is 2. The molecule has 3 atom stereocenters. The fourth-order valence-electron chi connectivity index (χ4n) is 6.37. The van der Waals surface area contributed by atoms with E-state index >= 15 is 0 Å². The molecule has 0 bridgehead atoms. The van der Waals surface area contributed by atoms with Gasteiger partial charge in [0.15, 0.2) is 5.85 Å². The molecule has 1 fully saturated rings. The maximum absolute atomic E-state index is 13.9. The SMILES string of the molecule is CCCCCCCOC(=O)NC(CC1CCCCC1)C(=O)NC(CCC(=O)N1CCOc2ccccc2C1)C(O)P(=O)(OCC)OCC. The molecule has 3 unspecified atom stereocenters. The maximum Gasteiger partial charge on any atom is 0.407 e. The number of para-hydroxylation sites is 1. The number of fused-ring (bicyclic) bond motifs is 1. The van der Waals surface area contributed by atoms with Crippen LogP contribution in [0.2, 0.25) is 0 Å². The largest absolute Gasteiger partial charge is 0.491 e. The van der Waals surface area contributed by atoms with Crippen LogP contribution in [-0.2, 0) is 34.5 Å². The molecule has 48 heavy (non-hydrogen) atoms. The van der Waals surface area contributed by atoms with Crippen LogP contribution in [0.4, 0.5) is 4.79 Å². The van der Waals surface area contributed by atoms with E-state index in [2.05, 4.69) is 17.6 Å². The van der Waals surface area contributed by atoms with Gasteiger partial charge in [-0.1, -0.05) is 82.9 Å². The van der Waals surface area contributed by atoms with Gasteiger partial charge in [0.2, 0.25) is 11.8 Å². The molecule has 272 valence electrons. The summed E-state index contributed by atoms with van der Waals surface area (Å²) in [5, 5.41) is 17.0. The van der Waals surface area contributed by atoms with E-state index in [1.165, 1.54) is 0 Å². The summed E-state index contributed by atoms with van der Waals surface area (Å²) in [6.45, 7) is 6.75. The molecule has 0 radical (unpaired) electrons. The summed E-state index contributed by atoms with van der Waals surface area (Å²) in [4.78, 5) is 41.9. The Hall–Kier alpha value is -2.66. The molecule has 1 aliphatic carbocycles. The van der Waals surface area contributed by atoms with Crippen molar-refractivity contribution in [1.29, 1.82) is 0 Å². The number of amides is 3. The van der Waals surface area contributed by atoms with Crippen LogP contribution < -0.4 is 15.4 Å². The van der Waals surface area contributed by atoms with E-state index < -0.39 is 37.5 Å². The predicted octanol–water partition coefficient (Wildman–Crippen LogP) is 6.29. The first-order valence-electron chi connectivity index (χ1n) is 18.0. The summed E-state index contributed by atoms with van der Waals surface area (Å²) in [5.41, 5.74) is 0.884. The molecule has 1 aromatic rings. The van der Waals surface area contributed by atoms with Crippen LogP contribution in [0.5, 0.6) is 5.75 Å². The van der Waals surface area contributed by atoms with Gasteiger partial charge in [0.1, 0.15) is 18.4 Å². The van der Waals surface area contributed by atoms with Gasteiger partial charge in [-0.15, -0.1) is 0 Å². The molecule has 13 heteroatoms. The lowest BCUT2D eigenvalue weighted by Gasteiger charge is -2.32. The monoisotopic (exact) mass is 695 g/mol. The van der Waals surface area contributed by atoms with Crippen LogP contribution in [0.15, 0.2) is 24.3 Å². The highest BCUT2D eigenvalue weighted by Gasteiger charge is 2.42. The van der Waals surface area contributed by atoms with Crippen molar-refractivity contribution >= 4 is 25.5 Å². The van der Waals surface area contributed by atoms with E-state index in [9.17, 15) is 24.1 Å². The lowest BCUT2D eigenvalue weighted by Crippen LogP contribution is -2.53. The first-order chi connectivity index (χ1) is 23.2. The van der Waals surface area contributed by atoms with Crippen LogP contribution in [0.3, 0.4) is 0 Å². The number of benzene rings is 1. The van der Waals surface area contributed by atoms with E-state index in [1.807, 2.05) is 24.3 Å². The standard InChI is InChI=1S/C35H58N3O9P/c1-4-7-8-9-15-23-45-35(42)37-30(25-27-16-11-10-12-17-27)33(40)36-29(34(41)48(43,46-5-2)47-6-3)20-21-32(39)38-22-24-44-31-19-14-13-18-28(31)26-38/h13-14,18-19,27,29-30,34,41H,4-12,15-17,20-26H2,1-3H3,(H,36,40)(H,37,42). The topological polar surface area (TPSA) is 153 Å². The lowest BCUT2D eigenvalue weighted by molar-refractivity contribution is -0.133. The molecule has 1 aliphatic heterocycles. The van der Waals surface area contributed by atoms with Gasteiger partial charge < -0.3 is 39.2 Å². The van der Waals surface area contributed by atoms with Crippen molar-refractivity contribution in [3.8, 4) is 5.75 Å². The molecular formula is C35H58N3O9P. The third kappa shape index (κ3) is 13.0. The number of alkyl carbamates (subject to hydrolysis) is 1. The molecule has 3 N–H and O–H groups in total. The molecule has 0 saturated heterocycles. The third-order valence-electron chi connectivity index (χ3n) is 8.99. The van der Waals surface area contributed by atoms with Gasteiger partial charge in [0.25, 0.3) is 0 Å². The highest BCUT2D eigenvalue weighted by atomic mass is 31.2. The van der Waals surface area contributed by atoms with Crippen molar-refractivity contribution in [2.45, 2.75) is 129 Å². The summed E-state index contributed by atoms with van der Waals surface area (Å²) in [6, 6.07) is 5.44. The predicted molar refractivity (Wildman–Crippen MR) is 184 cm³/mol. The van der Waals surface area contributed by atoms with Crippen LogP contribution in [0, 0.1) is 5.92 Å². The summed E-state index contributed by atoms with van der Waals surface area (Å²) < 4.78 is 35.8. The maximum atomic E-state index is 13.9.